The molecule has 0 fully saturated rings. The number of rotatable bonds is 5. The van der Waals surface area contributed by atoms with Crippen LogP contribution in [0.5, 0.6) is 5.75 Å². The minimum atomic E-state index is -0.688. The molecule has 6 heteroatoms. The van der Waals surface area contributed by atoms with Gasteiger partial charge in [0, 0.05) is 4.47 Å². The van der Waals surface area contributed by atoms with Crippen molar-refractivity contribution in [2.45, 2.75) is 26.4 Å². The van der Waals surface area contributed by atoms with E-state index >= 15 is 0 Å². The maximum Gasteiger partial charge on any atom is 0.279 e. The SMILES string of the molecule is CCC(Oc1ccc(C)cc1)C(=O)NNC(=O)c1ccccc1Br. The van der Waals surface area contributed by atoms with Crippen molar-refractivity contribution in [3.05, 3.63) is 64.1 Å². The third kappa shape index (κ3) is 4.83. The van der Waals surface area contributed by atoms with Gasteiger partial charge in [0.2, 0.25) is 0 Å². The van der Waals surface area contributed by atoms with E-state index in [9.17, 15) is 9.59 Å². The first-order valence-corrected chi connectivity index (χ1v) is 8.38. The van der Waals surface area contributed by atoms with Crippen LogP contribution in [-0.2, 0) is 4.79 Å². The molecule has 2 amide bonds. The summed E-state index contributed by atoms with van der Waals surface area (Å²) in [5.41, 5.74) is 6.35. The summed E-state index contributed by atoms with van der Waals surface area (Å²) in [6.45, 7) is 3.82. The van der Waals surface area contributed by atoms with E-state index in [4.69, 9.17) is 4.74 Å². The van der Waals surface area contributed by atoms with Gasteiger partial charge < -0.3 is 4.74 Å². The number of benzene rings is 2. The van der Waals surface area contributed by atoms with E-state index in [1.165, 1.54) is 0 Å². The summed E-state index contributed by atoms with van der Waals surface area (Å²) in [7, 11) is 0. The molecular weight excluding hydrogens is 372 g/mol. The van der Waals surface area contributed by atoms with Gasteiger partial charge >= 0.3 is 0 Å². The normalized spacial score (nSPS) is 11.5. The Bertz CT molecular complexity index is 716. The lowest BCUT2D eigenvalue weighted by Crippen LogP contribution is -2.48. The van der Waals surface area contributed by atoms with E-state index < -0.39 is 17.9 Å². The summed E-state index contributed by atoms with van der Waals surface area (Å²) in [5, 5.41) is 0. The van der Waals surface area contributed by atoms with Gasteiger partial charge in [-0.3, -0.25) is 20.4 Å². The molecule has 2 rings (SSSR count). The molecule has 0 radical (unpaired) electrons. The van der Waals surface area contributed by atoms with Gasteiger partial charge in [-0.1, -0.05) is 36.8 Å². The first-order valence-electron chi connectivity index (χ1n) is 7.59. The zero-order chi connectivity index (χ0) is 17.5. The van der Waals surface area contributed by atoms with Gasteiger partial charge in [0.15, 0.2) is 6.10 Å². The number of halogens is 1. The van der Waals surface area contributed by atoms with Crippen LogP contribution in [0.4, 0.5) is 0 Å². The third-order valence-electron chi connectivity index (χ3n) is 3.38. The highest BCUT2D eigenvalue weighted by Crippen LogP contribution is 2.16. The largest absolute Gasteiger partial charge is 0.481 e. The van der Waals surface area contributed by atoms with Crippen LogP contribution in [0.3, 0.4) is 0 Å². The highest BCUT2D eigenvalue weighted by atomic mass is 79.9. The van der Waals surface area contributed by atoms with Gasteiger partial charge in [-0.05, 0) is 53.5 Å². The number of nitrogens with one attached hydrogen (secondary N) is 2. The lowest BCUT2D eigenvalue weighted by Gasteiger charge is -2.17. The molecule has 0 aliphatic rings. The number of hydrazine groups is 1. The molecule has 1 unspecified atom stereocenters. The van der Waals surface area contributed by atoms with Crippen LogP contribution in [-0.4, -0.2) is 17.9 Å². The molecule has 2 aromatic carbocycles. The van der Waals surface area contributed by atoms with Gasteiger partial charge in [0.25, 0.3) is 11.8 Å². The topological polar surface area (TPSA) is 67.4 Å². The number of carbonyl (C=O) groups is 2. The molecule has 24 heavy (non-hydrogen) atoms. The molecule has 1 atom stereocenters. The minimum absolute atomic E-state index is 0.402. The van der Waals surface area contributed by atoms with Crippen LogP contribution in [0.2, 0.25) is 0 Å². The number of hydrogen-bond acceptors (Lipinski definition) is 3. The Hall–Kier alpha value is -2.34. The Morgan fingerprint density at radius 1 is 1.08 bits per heavy atom. The van der Waals surface area contributed by atoms with Crippen molar-refractivity contribution in [2.24, 2.45) is 0 Å². The van der Waals surface area contributed by atoms with Crippen molar-refractivity contribution < 1.29 is 14.3 Å². The molecule has 0 aromatic heterocycles. The smallest absolute Gasteiger partial charge is 0.279 e. The van der Waals surface area contributed by atoms with Crippen LogP contribution in [0.1, 0.15) is 29.3 Å². The molecule has 126 valence electrons. The van der Waals surface area contributed by atoms with Crippen molar-refractivity contribution in [3.63, 3.8) is 0 Å². The molecule has 0 saturated heterocycles. The Kier molecular flexibility index (Phi) is 6.37. The Morgan fingerprint density at radius 3 is 2.38 bits per heavy atom. The van der Waals surface area contributed by atoms with Gasteiger partial charge in [-0.25, -0.2) is 0 Å². The molecular formula is C18H19BrN2O3. The Balaban J connectivity index is 1.93. The third-order valence-corrected chi connectivity index (χ3v) is 4.07. The fourth-order valence-electron chi connectivity index (χ4n) is 2.01. The number of hydrogen-bond donors (Lipinski definition) is 2. The van der Waals surface area contributed by atoms with Gasteiger partial charge in [0.05, 0.1) is 5.56 Å². The van der Waals surface area contributed by atoms with Gasteiger partial charge in [0.1, 0.15) is 5.75 Å². The van der Waals surface area contributed by atoms with Gasteiger partial charge in [-0.2, -0.15) is 0 Å². The first-order chi connectivity index (χ1) is 11.5. The lowest BCUT2D eigenvalue weighted by atomic mass is 10.2. The van der Waals surface area contributed by atoms with Crippen LogP contribution < -0.4 is 15.6 Å². The van der Waals surface area contributed by atoms with Crippen molar-refractivity contribution >= 4 is 27.7 Å². The molecule has 0 saturated carbocycles. The number of amides is 2. The first kappa shape index (κ1) is 18.0. The molecule has 0 spiro atoms. The van der Waals surface area contributed by atoms with Gasteiger partial charge in [-0.15, -0.1) is 0 Å². The van der Waals surface area contributed by atoms with Crippen molar-refractivity contribution in [3.8, 4) is 5.75 Å². The Morgan fingerprint density at radius 2 is 1.75 bits per heavy atom. The average Bonchev–Trinajstić information content (AvgIpc) is 2.59. The maximum absolute atomic E-state index is 12.2. The van der Waals surface area contributed by atoms with Crippen LogP contribution in [0, 0.1) is 6.92 Å². The second kappa shape index (κ2) is 8.49. The van der Waals surface area contributed by atoms with Crippen molar-refractivity contribution in [1.29, 1.82) is 0 Å². The predicted molar refractivity (Wildman–Crippen MR) is 95.6 cm³/mol. The fourth-order valence-corrected chi connectivity index (χ4v) is 2.48. The van der Waals surface area contributed by atoms with E-state index in [1.54, 1.807) is 18.2 Å². The number of ether oxygens (including phenoxy) is 1. The molecule has 0 heterocycles. The summed E-state index contributed by atoms with van der Waals surface area (Å²) in [4.78, 5) is 24.3. The highest BCUT2D eigenvalue weighted by Gasteiger charge is 2.19. The zero-order valence-electron chi connectivity index (χ0n) is 13.5. The molecule has 0 aliphatic carbocycles. The summed E-state index contributed by atoms with van der Waals surface area (Å²) in [6, 6.07) is 14.4. The van der Waals surface area contributed by atoms with E-state index in [2.05, 4.69) is 26.8 Å². The second-order valence-electron chi connectivity index (χ2n) is 5.25. The van der Waals surface area contributed by atoms with E-state index in [-0.39, 0.29) is 0 Å². The summed E-state index contributed by atoms with van der Waals surface area (Å²) < 4.78 is 6.32. The van der Waals surface area contributed by atoms with E-state index in [0.29, 0.717) is 22.2 Å². The average molecular weight is 391 g/mol. The van der Waals surface area contributed by atoms with Crippen LogP contribution >= 0.6 is 15.9 Å². The monoisotopic (exact) mass is 390 g/mol. The Labute approximate surface area is 149 Å². The quantitative estimate of drug-likeness (QED) is 0.768. The highest BCUT2D eigenvalue weighted by molar-refractivity contribution is 9.10. The van der Waals surface area contributed by atoms with Crippen LogP contribution in [0.15, 0.2) is 53.0 Å². The van der Waals surface area contributed by atoms with Crippen molar-refractivity contribution in [1.82, 2.24) is 10.9 Å². The standard InChI is InChI=1S/C18H19BrN2O3/c1-3-16(24-13-10-8-12(2)9-11-13)18(23)21-20-17(22)14-6-4-5-7-15(14)19/h4-11,16H,3H2,1-2H3,(H,20,22)(H,21,23). The van der Waals surface area contributed by atoms with Crippen molar-refractivity contribution in [2.75, 3.05) is 0 Å². The number of aryl methyl sites for hydroxylation is 1. The zero-order valence-corrected chi connectivity index (χ0v) is 15.1. The van der Waals surface area contributed by atoms with Crippen LogP contribution in [0.25, 0.3) is 0 Å². The summed E-state index contributed by atoms with van der Waals surface area (Å²) >= 11 is 3.30. The summed E-state index contributed by atoms with van der Waals surface area (Å²) in [6.07, 6.45) is -0.211. The lowest BCUT2D eigenvalue weighted by molar-refractivity contribution is -0.128. The molecule has 5 nitrogen and oxygen atoms in total. The summed E-state index contributed by atoms with van der Waals surface area (Å²) in [5.74, 6) is -0.195. The second-order valence-corrected chi connectivity index (χ2v) is 6.11. The molecule has 0 aliphatic heterocycles. The van der Waals surface area contributed by atoms with E-state index in [0.717, 1.165) is 5.56 Å². The molecule has 2 aromatic rings. The number of carbonyl (C=O) groups excluding carboxylic acids is 2. The predicted octanol–water partition coefficient (Wildman–Crippen LogP) is 3.38. The molecule has 0 bridgehead atoms. The minimum Gasteiger partial charge on any atom is -0.481 e. The molecule has 2 N–H and O–H groups in total. The maximum atomic E-state index is 12.2. The fraction of sp³-hybridized carbons (Fsp3) is 0.222. The van der Waals surface area contributed by atoms with E-state index in [1.807, 2.05) is 44.2 Å².